The molecule has 2 rings (SSSR count). The molecule has 1 aromatic heterocycles. The summed E-state index contributed by atoms with van der Waals surface area (Å²) >= 11 is 12.6. The zero-order valence-electron chi connectivity index (χ0n) is 11.5. The molecular formula is C14H21Cl2N3. The molecule has 106 valence electrons. The molecule has 19 heavy (non-hydrogen) atoms. The van der Waals surface area contributed by atoms with Crippen molar-refractivity contribution in [1.29, 1.82) is 0 Å². The van der Waals surface area contributed by atoms with E-state index >= 15 is 0 Å². The molecule has 0 bridgehead atoms. The molecule has 2 heterocycles. The van der Waals surface area contributed by atoms with E-state index in [9.17, 15) is 0 Å². The van der Waals surface area contributed by atoms with E-state index < -0.39 is 0 Å². The molecule has 5 heteroatoms. The normalized spacial score (nSPS) is 17.1. The Morgan fingerprint density at radius 1 is 1.37 bits per heavy atom. The molecule has 0 aliphatic carbocycles. The lowest BCUT2D eigenvalue weighted by molar-refractivity contribution is 0.162. The van der Waals surface area contributed by atoms with Gasteiger partial charge in [-0.1, -0.05) is 30.1 Å². The fourth-order valence-electron chi connectivity index (χ4n) is 2.64. The molecule has 0 saturated carbocycles. The number of hydrogen-bond donors (Lipinski definition) is 1. The van der Waals surface area contributed by atoms with Crippen LogP contribution in [0.2, 0.25) is 10.2 Å². The van der Waals surface area contributed by atoms with Gasteiger partial charge in [0.15, 0.2) is 0 Å². The first-order valence-electron chi connectivity index (χ1n) is 6.88. The van der Waals surface area contributed by atoms with Crippen molar-refractivity contribution in [3.8, 4) is 0 Å². The quantitative estimate of drug-likeness (QED) is 0.865. The lowest BCUT2D eigenvalue weighted by Crippen LogP contribution is -2.42. The van der Waals surface area contributed by atoms with Crippen LogP contribution in [-0.4, -0.2) is 35.6 Å². The van der Waals surface area contributed by atoms with Gasteiger partial charge in [-0.2, -0.15) is 0 Å². The molecule has 0 unspecified atom stereocenters. The molecule has 1 aliphatic rings. The second-order valence-electron chi connectivity index (χ2n) is 5.06. The molecular weight excluding hydrogens is 281 g/mol. The van der Waals surface area contributed by atoms with Gasteiger partial charge in [-0.25, -0.2) is 4.98 Å². The summed E-state index contributed by atoms with van der Waals surface area (Å²) in [5.41, 5.74) is 1.82. The molecule has 3 nitrogen and oxygen atoms in total. The van der Waals surface area contributed by atoms with Crippen LogP contribution in [-0.2, 0) is 6.54 Å². The van der Waals surface area contributed by atoms with E-state index in [2.05, 4.69) is 22.1 Å². The summed E-state index contributed by atoms with van der Waals surface area (Å²) in [5.74, 6) is 0. The molecule has 0 aromatic carbocycles. The van der Waals surface area contributed by atoms with Gasteiger partial charge < -0.3 is 5.32 Å². The highest BCUT2D eigenvalue weighted by atomic mass is 35.5. The van der Waals surface area contributed by atoms with Gasteiger partial charge in [0.2, 0.25) is 0 Å². The standard InChI is InChI=1S/C14H21Cl2N3/c1-3-19(11-4-6-17-7-5-11)9-12-13(15)8-10(2)18-14(12)16/h8,11,17H,3-7,9H2,1-2H3. The second-order valence-corrected chi connectivity index (χ2v) is 5.82. The largest absolute Gasteiger partial charge is 0.317 e. The van der Waals surface area contributed by atoms with Crippen LogP contribution in [0.5, 0.6) is 0 Å². The summed E-state index contributed by atoms with van der Waals surface area (Å²) in [5, 5.41) is 4.66. The van der Waals surface area contributed by atoms with Crippen LogP contribution in [0.4, 0.5) is 0 Å². The van der Waals surface area contributed by atoms with Gasteiger partial charge in [0, 0.05) is 28.9 Å². The SMILES string of the molecule is CCN(Cc1c(Cl)cc(C)nc1Cl)C1CCNCC1. The fourth-order valence-corrected chi connectivity index (χ4v) is 3.29. The monoisotopic (exact) mass is 301 g/mol. The number of hydrogen-bond acceptors (Lipinski definition) is 3. The van der Waals surface area contributed by atoms with Crippen molar-refractivity contribution in [1.82, 2.24) is 15.2 Å². The lowest BCUT2D eigenvalue weighted by Gasteiger charge is -2.34. The van der Waals surface area contributed by atoms with Gasteiger partial charge >= 0.3 is 0 Å². The van der Waals surface area contributed by atoms with Crippen LogP contribution in [0.3, 0.4) is 0 Å². The van der Waals surface area contributed by atoms with Crippen molar-refractivity contribution in [3.05, 3.63) is 27.5 Å². The Balaban J connectivity index is 2.13. The molecule has 1 fully saturated rings. The Bertz CT molecular complexity index is 408. The number of pyridine rings is 1. The van der Waals surface area contributed by atoms with Gasteiger partial charge in [0.25, 0.3) is 0 Å². The number of nitrogens with one attached hydrogen (secondary N) is 1. The first kappa shape index (κ1) is 15.0. The predicted molar refractivity (Wildman–Crippen MR) is 81.0 cm³/mol. The minimum Gasteiger partial charge on any atom is -0.317 e. The summed E-state index contributed by atoms with van der Waals surface area (Å²) in [6, 6.07) is 2.50. The maximum Gasteiger partial charge on any atom is 0.135 e. The van der Waals surface area contributed by atoms with Gasteiger partial charge in [-0.15, -0.1) is 0 Å². The number of aryl methyl sites for hydroxylation is 1. The first-order chi connectivity index (χ1) is 9.11. The van der Waals surface area contributed by atoms with Crippen molar-refractivity contribution < 1.29 is 0 Å². The zero-order chi connectivity index (χ0) is 13.8. The van der Waals surface area contributed by atoms with Crippen LogP contribution in [0, 0.1) is 6.92 Å². The molecule has 0 atom stereocenters. The summed E-state index contributed by atoms with van der Waals surface area (Å²) in [6.07, 6.45) is 2.37. The number of halogens is 2. The lowest BCUT2D eigenvalue weighted by atomic mass is 10.0. The highest BCUT2D eigenvalue weighted by Gasteiger charge is 2.21. The topological polar surface area (TPSA) is 28.2 Å². The fraction of sp³-hybridized carbons (Fsp3) is 0.643. The van der Waals surface area contributed by atoms with Crippen LogP contribution in [0.15, 0.2) is 6.07 Å². The van der Waals surface area contributed by atoms with E-state index in [1.54, 1.807) is 0 Å². The highest BCUT2D eigenvalue weighted by Crippen LogP contribution is 2.26. The summed E-state index contributed by atoms with van der Waals surface area (Å²) in [4.78, 5) is 6.76. The highest BCUT2D eigenvalue weighted by molar-refractivity contribution is 6.35. The maximum atomic E-state index is 6.31. The maximum absolute atomic E-state index is 6.31. The second kappa shape index (κ2) is 6.89. The molecule has 0 amide bonds. The van der Waals surface area contributed by atoms with E-state index in [1.165, 1.54) is 12.8 Å². The van der Waals surface area contributed by atoms with Crippen molar-refractivity contribution >= 4 is 23.2 Å². The van der Waals surface area contributed by atoms with Crippen LogP contribution in [0.25, 0.3) is 0 Å². The molecule has 0 radical (unpaired) electrons. The Hall–Kier alpha value is -0.350. The van der Waals surface area contributed by atoms with Gasteiger partial charge in [0.1, 0.15) is 5.15 Å². The third-order valence-electron chi connectivity index (χ3n) is 3.74. The summed E-state index contributed by atoms with van der Waals surface area (Å²) < 4.78 is 0. The zero-order valence-corrected chi connectivity index (χ0v) is 13.1. The first-order valence-corrected chi connectivity index (χ1v) is 7.63. The van der Waals surface area contributed by atoms with E-state index in [-0.39, 0.29) is 0 Å². The van der Waals surface area contributed by atoms with Gasteiger partial charge in [0.05, 0.1) is 0 Å². The van der Waals surface area contributed by atoms with Gasteiger partial charge in [-0.3, -0.25) is 4.90 Å². The van der Waals surface area contributed by atoms with E-state index in [0.717, 1.165) is 42.5 Å². The smallest absolute Gasteiger partial charge is 0.135 e. The Morgan fingerprint density at radius 2 is 2.05 bits per heavy atom. The van der Waals surface area contributed by atoms with Crippen molar-refractivity contribution in [2.24, 2.45) is 0 Å². The minimum absolute atomic E-state index is 0.539. The van der Waals surface area contributed by atoms with Crippen LogP contribution in [0.1, 0.15) is 31.0 Å². The minimum atomic E-state index is 0.539. The molecule has 1 aromatic rings. The Morgan fingerprint density at radius 3 is 2.63 bits per heavy atom. The average molecular weight is 302 g/mol. The van der Waals surface area contributed by atoms with E-state index in [1.807, 2.05) is 13.0 Å². The predicted octanol–water partition coefficient (Wildman–Crippen LogP) is 3.27. The average Bonchev–Trinajstić information content (AvgIpc) is 2.39. The number of piperidine rings is 1. The Kier molecular flexibility index (Phi) is 5.46. The molecule has 0 spiro atoms. The molecule has 1 saturated heterocycles. The summed E-state index contributed by atoms with van der Waals surface area (Å²) in [7, 11) is 0. The number of aromatic nitrogens is 1. The molecule has 1 N–H and O–H groups in total. The van der Waals surface area contributed by atoms with E-state index in [4.69, 9.17) is 23.2 Å². The Labute approximate surface area is 125 Å². The third-order valence-corrected chi connectivity index (χ3v) is 4.39. The summed E-state index contributed by atoms with van der Waals surface area (Å²) in [6.45, 7) is 8.07. The van der Waals surface area contributed by atoms with Crippen molar-refractivity contribution in [2.75, 3.05) is 19.6 Å². The number of rotatable bonds is 4. The third kappa shape index (κ3) is 3.82. The van der Waals surface area contributed by atoms with E-state index in [0.29, 0.717) is 11.2 Å². The number of nitrogens with zero attached hydrogens (tertiary/aromatic N) is 2. The van der Waals surface area contributed by atoms with Crippen LogP contribution >= 0.6 is 23.2 Å². The van der Waals surface area contributed by atoms with Crippen LogP contribution < -0.4 is 5.32 Å². The molecule has 1 aliphatic heterocycles. The van der Waals surface area contributed by atoms with Crippen molar-refractivity contribution in [2.45, 2.75) is 39.3 Å². The van der Waals surface area contributed by atoms with Gasteiger partial charge in [-0.05, 0) is 45.5 Å². The van der Waals surface area contributed by atoms with Crippen molar-refractivity contribution in [3.63, 3.8) is 0 Å².